The molecular weight excluding hydrogens is 190 g/mol. The SMILES string of the molecule is C=CCN(CC)Sc1ccc(C)cc1. The van der Waals surface area contributed by atoms with Crippen LogP contribution in [0.15, 0.2) is 41.8 Å². The van der Waals surface area contributed by atoms with Crippen LogP contribution in [0.4, 0.5) is 0 Å². The molecule has 0 radical (unpaired) electrons. The zero-order valence-electron chi connectivity index (χ0n) is 8.86. The average Bonchev–Trinajstić information content (AvgIpc) is 2.20. The predicted octanol–water partition coefficient (Wildman–Crippen LogP) is 3.51. The van der Waals surface area contributed by atoms with E-state index in [1.807, 2.05) is 6.08 Å². The molecule has 0 aliphatic heterocycles. The van der Waals surface area contributed by atoms with E-state index in [2.05, 4.69) is 49.0 Å². The van der Waals surface area contributed by atoms with Crippen LogP contribution in [0.1, 0.15) is 12.5 Å². The number of hydrogen-bond donors (Lipinski definition) is 0. The third kappa shape index (κ3) is 3.56. The second-order valence-electron chi connectivity index (χ2n) is 3.17. The van der Waals surface area contributed by atoms with Crippen molar-refractivity contribution in [2.24, 2.45) is 0 Å². The van der Waals surface area contributed by atoms with Gasteiger partial charge in [-0.05, 0) is 31.0 Å². The number of benzene rings is 1. The highest BCUT2D eigenvalue weighted by Crippen LogP contribution is 2.22. The normalized spacial score (nSPS) is 10.5. The zero-order valence-corrected chi connectivity index (χ0v) is 9.68. The van der Waals surface area contributed by atoms with Crippen molar-refractivity contribution < 1.29 is 0 Å². The summed E-state index contributed by atoms with van der Waals surface area (Å²) in [6.45, 7) is 9.97. The van der Waals surface area contributed by atoms with Crippen molar-refractivity contribution in [1.29, 1.82) is 0 Å². The first-order chi connectivity index (χ1) is 6.76. The molecule has 0 amide bonds. The lowest BCUT2D eigenvalue weighted by atomic mass is 10.2. The first-order valence-corrected chi connectivity index (χ1v) is 5.64. The Morgan fingerprint density at radius 3 is 2.50 bits per heavy atom. The second kappa shape index (κ2) is 5.89. The summed E-state index contributed by atoms with van der Waals surface area (Å²) in [5.41, 5.74) is 1.31. The van der Waals surface area contributed by atoms with Gasteiger partial charge in [0.1, 0.15) is 0 Å². The Labute approximate surface area is 90.9 Å². The highest BCUT2D eigenvalue weighted by Gasteiger charge is 2.01. The number of nitrogens with zero attached hydrogens (tertiary/aromatic N) is 1. The van der Waals surface area contributed by atoms with Crippen LogP contribution in [-0.2, 0) is 0 Å². The molecule has 0 fully saturated rings. The lowest BCUT2D eigenvalue weighted by Crippen LogP contribution is -2.14. The minimum Gasteiger partial charge on any atom is -0.243 e. The molecule has 0 unspecified atom stereocenters. The van der Waals surface area contributed by atoms with Gasteiger partial charge < -0.3 is 0 Å². The maximum atomic E-state index is 3.75. The van der Waals surface area contributed by atoms with Gasteiger partial charge in [0, 0.05) is 18.0 Å². The maximum absolute atomic E-state index is 3.75. The minimum absolute atomic E-state index is 0.926. The number of rotatable bonds is 5. The van der Waals surface area contributed by atoms with Crippen molar-refractivity contribution in [2.45, 2.75) is 18.7 Å². The molecule has 0 spiro atoms. The van der Waals surface area contributed by atoms with E-state index in [0.717, 1.165) is 13.1 Å². The van der Waals surface area contributed by atoms with E-state index in [1.54, 1.807) is 11.9 Å². The smallest absolute Gasteiger partial charge is 0.0271 e. The molecule has 1 aromatic rings. The molecule has 2 heteroatoms. The van der Waals surface area contributed by atoms with Gasteiger partial charge in [-0.1, -0.05) is 30.7 Å². The van der Waals surface area contributed by atoms with Gasteiger partial charge in [0.15, 0.2) is 0 Å². The Bertz CT molecular complexity index is 279. The van der Waals surface area contributed by atoms with Crippen LogP contribution < -0.4 is 0 Å². The van der Waals surface area contributed by atoms with Gasteiger partial charge in [0.2, 0.25) is 0 Å². The predicted molar refractivity (Wildman–Crippen MR) is 64.5 cm³/mol. The monoisotopic (exact) mass is 207 g/mol. The van der Waals surface area contributed by atoms with Gasteiger partial charge >= 0.3 is 0 Å². The molecule has 76 valence electrons. The van der Waals surface area contributed by atoms with Crippen molar-refractivity contribution in [1.82, 2.24) is 4.31 Å². The standard InChI is InChI=1S/C12H17NS/c1-4-10-13(5-2)14-12-8-6-11(3)7-9-12/h4,6-9H,1,5,10H2,2-3H3. The first kappa shape index (κ1) is 11.3. The summed E-state index contributed by atoms with van der Waals surface area (Å²) < 4.78 is 2.28. The third-order valence-electron chi connectivity index (χ3n) is 1.94. The average molecular weight is 207 g/mol. The summed E-state index contributed by atoms with van der Waals surface area (Å²) in [5, 5.41) is 0. The van der Waals surface area contributed by atoms with Gasteiger partial charge in [-0.15, -0.1) is 6.58 Å². The van der Waals surface area contributed by atoms with Crippen LogP contribution in [0.25, 0.3) is 0 Å². The summed E-state index contributed by atoms with van der Waals surface area (Å²) in [5.74, 6) is 0. The highest BCUT2D eigenvalue weighted by molar-refractivity contribution is 7.97. The molecule has 0 atom stereocenters. The lowest BCUT2D eigenvalue weighted by Gasteiger charge is -2.16. The van der Waals surface area contributed by atoms with Crippen molar-refractivity contribution in [3.05, 3.63) is 42.5 Å². The van der Waals surface area contributed by atoms with Gasteiger partial charge in [0.25, 0.3) is 0 Å². The van der Waals surface area contributed by atoms with E-state index in [-0.39, 0.29) is 0 Å². The molecule has 0 saturated carbocycles. The molecule has 0 saturated heterocycles. The Hall–Kier alpha value is -0.730. The zero-order chi connectivity index (χ0) is 10.4. The molecule has 1 nitrogen and oxygen atoms in total. The van der Waals surface area contributed by atoms with Crippen LogP contribution >= 0.6 is 11.9 Å². The number of likely N-dealkylation sites (N-methyl/N-ethyl adjacent to an activating group) is 1. The fraction of sp³-hybridized carbons (Fsp3) is 0.333. The summed E-state index contributed by atoms with van der Waals surface area (Å²) >= 11 is 1.78. The highest BCUT2D eigenvalue weighted by atomic mass is 32.2. The van der Waals surface area contributed by atoms with Crippen molar-refractivity contribution in [3.63, 3.8) is 0 Å². The van der Waals surface area contributed by atoms with Crippen molar-refractivity contribution >= 4 is 11.9 Å². The van der Waals surface area contributed by atoms with E-state index in [9.17, 15) is 0 Å². The molecule has 14 heavy (non-hydrogen) atoms. The molecule has 0 aliphatic carbocycles. The fourth-order valence-corrected chi connectivity index (χ4v) is 1.99. The van der Waals surface area contributed by atoms with Gasteiger partial charge in [-0.3, -0.25) is 0 Å². The molecule has 0 heterocycles. The molecule has 0 aromatic heterocycles. The molecule has 0 bridgehead atoms. The minimum atomic E-state index is 0.926. The molecular formula is C12H17NS. The molecule has 1 rings (SSSR count). The van der Waals surface area contributed by atoms with Crippen molar-refractivity contribution in [2.75, 3.05) is 13.1 Å². The lowest BCUT2D eigenvalue weighted by molar-refractivity contribution is 0.551. The van der Waals surface area contributed by atoms with Gasteiger partial charge in [-0.25, -0.2) is 4.31 Å². The van der Waals surface area contributed by atoms with Crippen LogP contribution in [-0.4, -0.2) is 17.4 Å². The quantitative estimate of drug-likeness (QED) is 0.537. The van der Waals surface area contributed by atoms with E-state index in [4.69, 9.17) is 0 Å². The van der Waals surface area contributed by atoms with E-state index < -0.39 is 0 Å². The van der Waals surface area contributed by atoms with E-state index in [1.165, 1.54) is 10.5 Å². The summed E-state index contributed by atoms with van der Waals surface area (Å²) in [7, 11) is 0. The fourth-order valence-electron chi connectivity index (χ4n) is 1.12. The summed E-state index contributed by atoms with van der Waals surface area (Å²) in [4.78, 5) is 1.29. The van der Waals surface area contributed by atoms with E-state index in [0.29, 0.717) is 0 Å². The maximum Gasteiger partial charge on any atom is 0.0271 e. The Balaban J connectivity index is 2.57. The van der Waals surface area contributed by atoms with Gasteiger partial charge in [-0.2, -0.15) is 0 Å². The number of hydrogen-bond acceptors (Lipinski definition) is 2. The van der Waals surface area contributed by atoms with E-state index >= 15 is 0 Å². The Morgan fingerprint density at radius 1 is 1.36 bits per heavy atom. The largest absolute Gasteiger partial charge is 0.243 e. The van der Waals surface area contributed by atoms with Gasteiger partial charge in [0.05, 0.1) is 0 Å². The van der Waals surface area contributed by atoms with Crippen LogP contribution in [0.5, 0.6) is 0 Å². The third-order valence-corrected chi connectivity index (χ3v) is 3.09. The Morgan fingerprint density at radius 2 is 2.00 bits per heavy atom. The molecule has 1 aromatic carbocycles. The van der Waals surface area contributed by atoms with Crippen LogP contribution in [0, 0.1) is 6.92 Å². The van der Waals surface area contributed by atoms with Crippen LogP contribution in [0.3, 0.4) is 0 Å². The number of aryl methyl sites for hydroxylation is 1. The molecule has 0 aliphatic rings. The summed E-state index contributed by atoms with van der Waals surface area (Å²) in [6.07, 6.45) is 1.94. The summed E-state index contributed by atoms with van der Waals surface area (Å²) in [6, 6.07) is 8.60. The second-order valence-corrected chi connectivity index (χ2v) is 4.34. The molecule has 0 N–H and O–H groups in total. The first-order valence-electron chi connectivity index (χ1n) is 4.86. The van der Waals surface area contributed by atoms with Crippen molar-refractivity contribution in [3.8, 4) is 0 Å². The topological polar surface area (TPSA) is 3.24 Å². The Kier molecular flexibility index (Phi) is 4.77. The van der Waals surface area contributed by atoms with Crippen LogP contribution in [0.2, 0.25) is 0 Å².